The van der Waals surface area contributed by atoms with Crippen LogP contribution in [0.1, 0.15) is 30.4 Å². The first kappa shape index (κ1) is 21.9. The number of oxime groups is 1. The van der Waals surface area contributed by atoms with E-state index >= 15 is 0 Å². The molecule has 0 aliphatic heterocycles. The third kappa shape index (κ3) is 6.63. The van der Waals surface area contributed by atoms with E-state index in [0.29, 0.717) is 31.4 Å². The van der Waals surface area contributed by atoms with Crippen molar-refractivity contribution < 1.29 is 24.3 Å². The van der Waals surface area contributed by atoms with E-state index < -0.39 is 6.04 Å². The number of carbonyl (C=O) groups is 3. The third-order valence-electron chi connectivity index (χ3n) is 4.77. The second kappa shape index (κ2) is 10.8. The molecular weight excluding hydrogens is 376 g/mol. The van der Waals surface area contributed by atoms with Crippen LogP contribution in [0, 0.1) is 11.8 Å². The SMILES string of the molecule is C=CCCOC(=O)CC1C[C@H]1C(NC=O)C(=O)NCc1ccc(/C(N)=N/O)cc1. The van der Waals surface area contributed by atoms with E-state index in [0.717, 1.165) is 5.56 Å². The number of carbonyl (C=O) groups excluding carboxylic acids is 3. The molecule has 1 saturated carbocycles. The van der Waals surface area contributed by atoms with Crippen LogP contribution in [0.2, 0.25) is 0 Å². The molecule has 156 valence electrons. The molecule has 1 aliphatic rings. The summed E-state index contributed by atoms with van der Waals surface area (Å²) in [5.41, 5.74) is 6.89. The fourth-order valence-electron chi connectivity index (χ4n) is 3.06. The zero-order valence-electron chi connectivity index (χ0n) is 16.0. The molecule has 2 rings (SSSR count). The first-order valence-corrected chi connectivity index (χ1v) is 9.30. The van der Waals surface area contributed by atoms with Gasteiger partial charge in [0, 0.05) is 18.5 Å². The number of nitrogens with zero attached hydrogens (tertiary/aromatic N) is 1. The Hall–Kier alpha value is -3.36. The summed E-state index contributed by atoms with van der Waals surface area (Å²) in [5, 5.41) is 16.9. The molecule has 9 heteroatoms. The van der Waals surface area contributed by atoms with E-state index in [-0.39, 0.29) is 42.5 Å². The Bertz CT molecular complexity index is 763. The topological polar surface area (TPSA) is 143 Å². The maximum Gasteiger partial charge on any atom is 0.306 e. The van der Waals surface area contributed by atoms with Crippen molar-refractivity contribution in [2.75, 3.05) is 6.61 Å². The molecule has 0 radical (unpaired) electrons. The van der Waals surface area contributed by atoms with Crippen LogP contribution in [0.3, 0.4) is 0 Å². The Morgan fingerprint density at radius 2 is 2.10 bits per heavy atom. The van der Waals surface area contributed by atoms with Crippen LogP contribution in [0.15, 0.2) is 42.1 Å². The normalized spacial score (nSPS) is 19.0. The summed E-state index contributed by atoms with van der Waals surface area (Å²) >= 11 is 0. The number of nitrogens with two attached hydrogens (primary N) is 1. The highest BCUT2D eigenvalue weighted by Gasteiger charge is 2.47. The summed E-state index contributed by atoms with van der Waals surface area (Å²) in [4.78, 5) is 35.2. The highest BCUT2D eigenvalue weighted by molar-refractivity contribution is 5.97. The van der Waals surface area contributed by atoms with Crippen molar-refractivity contribution in [3.8, 4) is 0 Å². The van der Waals surface area contributed by atoms with E-state index in [4.69, 9.17) is 15.7 Å². The number of nitrogens with one attached hydrogen (secondary N) is 2. The molecule has 0 aromatic heterocycles. The molecule has 1 aromatic carbocycles. The summed E-state index contributed by atoms with van der Waals surface area (Å²) in [6, 6.07) is 6.14. The fourth-order valence-corrected chi connectivity index (χ4v) is 3.06. The van der Waals surface area contributed by atoms with Gasteiger partial charge >= 0.3 is 5.97 Å². The zero-order valence-corrected chi connectivity index (χ0v) is 16.0. The molecule has 1 aromatic rings. The van der Waals surface area contributed by atoms with Crippen LogP contribution < -0.4 is 16.4 Å². The predicted molar refractivity (Wildman–Crippen MR) is 106 cm³/mol. The highest BCUT2D eigenvalue weighted by Crippen LogP contribution is 2.44. The number of benzene rings is 1. The van der Waals surface area contributed by atoms with Crippen molar-refractivity contribution in [1.29, 1.82) is 0 Å². The molecule has 3 atom stereocenters. The van der Waals surface area contributed by atoms with Gasteiger partial charge in [0.25, 0.3) is 0 Å². The summed E-state index contributed by atoms with van der Waals surface area (Å²) in [6.07, 6.45) is 3.65. The molecule has 0 saturated heterocycles. The van der Waals surface area contributed by atoms with Gasteiger partial charge in [-0.05, 0) is 30.2 Å². The van der Waals surface area contributed by atoms with Gasteiger partial charge in [0.2, 0.25) is 12.3 Å². The number of amidine groups is 1. The van der Waals surface area contributed by atoms with Gasteiger partial charge in [-0.25, -0.2) is 0 Å². The van der Waals surface area contributed by atoms with E-state index in [1.54, 1.807) is 30.3 Å². The van der Waals surface area contributed by atoms with E-state index in [1.165, 1.54) is 0 Å². The van der Waals surface area contributed by atoms with Crippen LogP contribution in [0.25, 0.3) is 0 Å². The number of hydrogen-bond acceptors (Lipinski definition) is 6. The Morgan fingerprint density at radius 1 is 1.38 bits per heavy atom. The average Bonchev–Trinajstić information content (AvgIpc) is 3.48. The zero-order chi connectivity index (χ0) is 21.2. The van der Waals surface area contributed by atoms with Gasteiger partial charge < -0.3 is 26.3 Å². The molecule has 0 heterocycles. The molecule has 0 bridgehead atoms. The molecular formula is C20H26N4O5. The minimum Gasteiger partial charge on any atom is -0.465 e. The lowest BCUT2D eigenvalue weighted by Gasteiger charge is -2.16. The largest absolute Gasteiger partial charge is 0.465 e. The molecule has 5 N–H and O–H groups in total. The first-order valence-electron chi connectivity index (χ1n) is 9.30. The Labute approximate surface area is 169 Å². The number of esters is 1. The van der Waals surface area contributed by atoms with E-state index in [1.807, 2.05) is 0 Å². The van der Waals surface area contributed by atoms with Crippen molar-refractivity contribution in [2.45, 2.75) is 31.8 Å². The minimum absolute atomic E-state index is 0.00127. The van der Waals surface area contributed by atoms with Crippen molar-refractivity contribution in [1.82, 2.24) is 10.6 Å². The smallest absolute Gasteiger partial charge is 0.306 e. The standard InChI is InChI=1S/C20H26N4O5/c1-2-3-8-29-17(26)10-15-9-16(15)18(23-12-25)20(27)22-11-13-4-6-14(7-5-13)19(21)24-28/h2,4-7,12,15-16,18,28H,1,3,8-11H2,(H2,21,24)(H,22,27)(H,23,25)/t15?,16-,18?/m1/s1. The van der Waals surface area contributed by atoms with Crippen LogP contribution in [0.4, 0.5) is 0 Å². The summed E-state index contributed by atoms with van der Waals surface area (Å²) < 4.78 is 5.09. The Balaban J connectivity index is 1.84. The maximum atomic E-state index is 12.5. The van der Waals surface area contributed by atoms with Crippen molar-refractivity contribution >= 4 is 24.1 Å². The van der Waals surface area contributed by atoms with Crippen LogP contribution in [-0.4, -0.2) is 42.0 Å². The first-order chi connectivity index (χ1) is 14.0. The molecule has 29 heavy (non-hydrogen) atoms. The number of ether oxygens (including phenoxy) is 1. The van der Waals surface area contributed by atoms with Crippen molar-refractivity contribution in [3.63, 3.8) is 0 Å². The van der Waals surface area contributed by atoms with Gasteiger partial charge in [-0.1, -0.05) is 35.5 Å². The van der Waals surface area contributed by atoms with Crippen LogP contribution in [0.5, 0.6) is 0 Å². The molecule has 9 nitrogen and oxygen atoms in total. The highest BCUT2D eigenvalue weighted by atomic mass is 16.5. The summed E-state index contributed by atoms with van der Waals surface area (Å²) in [5.74, 6) is -0.719. The van der Waals surface area contributed by atoms with Gasteiger partial charge in [-0.15, -0.1) is 6.58 Å². The van der Waals surface area contributed by atoms with Crippen LogP contribution in [-0.2, 0) is 25.7 Å². The van der Waals surface area contributed by atoms with Gasteiger partial charge in [-0.3, -0.25) is 14.4 Å². The minimum atomic E-state index is -0.699. The monoisotopic (exact) mass is 402 g/mol. The Kier molecular flexibility index (Phi) is 8.20. The third-order valence-corrected chi connectivity index (χ3v) is 4.77. The quantitative estimate of drug-likeness (QED) is 0.0591. The lowest BCUT2D eigenvalue weighted by Crippen LogP contribution is -2.45. The van der Waals surface area contributed by atoms with Gasteiger partial charge in [0.05, 0.1) is 6.61 Å². The van der Waals surface area contributed by atoms with E-state index in [2.05, 4.69) is 22.4 Å². The summed E-state index contributed by atoms with van der Waals surface area (Å²) in [6.45, 7) is 4.12. The van der Waals surface area contributed by atoms with E-state index in [9.17, 15) is 14.4 Å². The van der Waals surface area contributed by atoms with Gasteiger partial charge in [-0.2, -0.15) is 0 Å². The number of rotatable bonds is 12. The molecule has 1 aliphatic carbocycles. The molecule has 1 fully saturated rings. The second-order valence-electron chi connectivity index (χ2n) is 6.82. The average molecular weight is 402 g/mol. The lowest BCUT2D eigenvalue weighted by atomic mass is 10.1. The molecule has 0 spiro atoms. The lowest BCUT2D eigenvalue weighted by molar-refractivity contribution is -0.144. The number of amides is 2. The number of hydrogen-bond donors (Lipinski definition) is 4. The second-order valence-corrected chi connectivity index (χ2v) is 6.82. The summed E-state index contributed by atoms with van der Waals surface area (Å²) in [7, 11) is 0. The fraction of sp³-hybridized carbons (Fsp3) is 0.400. The van der Waals surface area contributed by atoms with Gasteiger partial charge in [0.1, 0.15) is 6.04 Å². The maximum absolute atomic E-state index is 12.5. The predicted octanol–water partition coefficient (Wildman–Crippen LogP) is 0.657. The van der Waals surface area contributed by atoms with Crippen LogP contribution >= 0.6 is 0 Å². The molecule has 2 unspecified atom stereocenters. The Morgan fingerprint density at radius 3 is 2.72 bits per heavy atom. The molecule has 2 amide bonds. The van der Waals surface area contributed by atoms with Gasteiger partial charge in [0.15, 0.2) is 5.84 Å². The van der Waals surface area contributed by atoms with Crippen molar-refractivity contribution in [3.05, 3.63) is 48.0 Å². The van der Waals surface area contributed by atoms with Crippen molar-refractivity contribution in [2.24, 2.45) is 22.7 Å².